The highest BCUT2D eigenvalue weighted by atomic mass is 16.5. The van der Waals surface area contributed by atoms with Crippen molar-refractivity contribution in [3.8, 4) is 22.8 Å². The Morgan fingerprint density at radius 2 is 1.85 bits per heavy atom. The van der Waals surface area contributed by atoms with Crippen molar-refractivity contribution in [3.63, 3.8) is 0 Å². The molecule has 108 valence electrons. The van der Waals surface area contributed by atoms with Crippen LogP contribution in [-0.2, 0) is 0 Å². The van der Waals surface area contributed by atoms with E-state index in [1.165, 1.54) is 0 Å². The van der Waals surface area contributed by atoms with Crippen molar-refractivity contribution in [2.45, 2.75) is 19.9 Å². The Labute approximate surface area is 119 Å². The van der Waals surface area contributed by atoms with E-state index >= 15 is 0 Å². The number of nitrogens with zero attached hydrogens (tertiary/aromatic N) is 1. The molecule has 0 saturated heterocycles. The molecule has 0 amide bonds. The third kappa shape index (κ3) is 2.77. The zero-order chi connectivity index (χ0) is 14.7. The number of hydrogen-bond acceptors (Lipinski definition) is 4. The van der Waals surface area contributed by atoms with Gasteiger partial charge in [0.05, 0.1) is 32.2 Å². The summed E-state index contributed by atoms with van der Waals surface area (Å²) in [5.74, 6) is 2.52. The maximum atomic E-state index is 6.09. The van der Waals surface area contributed by atoms with Gasteiger partial charge in [-0.05, 0) is 24.1 Å². The monoisotopic (exact) mass is 275 g/mol. The van der Waals surface area contributed by atoms with Crippen LogP contribution in [0.3, 0.4) is 0 Å². The lowest BCUT2D eigenvalue weighted by atomic mass is 10.1. The molecule has 0 radical (unpaired) electrons. The minimum absolute atomic E-state index is 0.0936. The highest BCUT2D eigenvalue weighted by Gasteiger charge is 2.15. The Balaban J connectivity index is 2.33. The van der Waals surface area contributed by atoms with E-state index in [9.17, 15) is 0 Å². The first-order valence-electron chi connectivity index (χ1n) is 6.59. The van der Waals surface area contributed by atoms with Crippen LogP contribution in [0, 0.1) is 5.92 Å². The Bertz CT molecular complexity index is 578. The second kappa shape index (κ2) is 5.96. The summed E-state index contributed by atoms with van der Waals surface area (Å²) >= 11 is 0. The lowest BCUT2D eigenvalue weighted by molar-refractivity contribution is 0.355. The first kappa shape index (κ1) is 14.4. The van der Waals surface area contributed by atoms with E-state index in [0.29, 0.717) is 17.4 Å². The number of hydrogen-bond donors (Lipinski definition) is 2. The van der Waals surface area contributed by atoms with Crippen molar-refractivity contribution >= 4 is 0 Å². The zero-order valence-electron chi connectivity index (χ0n) is 12.3. The predicted octanol–water partition coefficient (Wildman–Crippen LogP) is 2.75. The highest BCUT2D eigenvalue weighted by molar-refractivity contribution is 5.63. The van der Waals surface area contributed by atoms with E-state index < -0.39 is 0 Å². The van der Waals surface area contributed by atoms with Gasteiger partial charge in [0.2, 0.25) is 0 Å². The number of benzene rings is 1. The van der Waals surface area contributed by atoms with Crippen molar-refractivity contribution in [1.82, 2.24) is 9.97 Å². The van der Waals surface area contributed by atoms with Crippen LogP contribution in [0.4, 0.5) is 0 Å². The van der Waals surface area contributed by atoms with Gasteiger partial charge in [-0.15, -0.1) is 0 Å². The van der Waals surface area contributed by atoms with E-state index in [4.69, 9.17) is 15.2 Å². The third-order valence-corrected chi connectivity index (χ3v) is 3.32. The minimum atomic E-state index is -0.0936. The van der Waals surface area contributed by atoms with Crippen LogP contribution in [-0.4, -0.2) is 24.2 Å². The molecule has 1 heterocycles. The number of rotatable bonds is 5. The molecular formula is C15H21N3O2. The Morgan fingerprint density at radius 1 is 1.15 bits per heavy atom. The Hall–Kier alpha value is -2.01. The van der Waals surface area contributed by atoms with Crippen molar-refractivity contribution in [3.05, 3.63) is 30.2 Å². The minimum Gasteiger partial charge on any atom is -0.493 e. The molecule has 2 aromatic rings. The number of H-pyrrole nitrogens is 1. The number of nitrogens with two attached hydrogens (primary N) is 1. The fourth-order valence-electron chi connectivity index (χ4n) is 1.97. The van der Waals surface area contributed by atoms with Gasteiger partial charge >= 0.3 is 0 Å². The van der Waals surface area contributed by atoms with Crippen molar-refractivity contribution in [1.29, 1.82) is 0 Å². The smallest absolute Gasteiger partial charge is 0.161 e. The predicted molar refractivity (Wildman–Crippen MR) is 78.9 cm³/mol. The SMILES string of the molecule is COc1ccc(-c2cnc(C(N)C(C)C)[nH]2)cc1OC. The van der Waals surface area contributed by atoms with Gasteiger partial charge in [-0.25, -0.2) is 4.98 Å². The third-order valence-electron chi connectivity index (χ3n) is 3.32. The molecule has 1 aromatic carbocycles. The van der Waals surface area contributed by atoms with Crippen LogP contribution in [0.15, 0.2) is 24.4 Å². The Kier molecular flexibility index (Phi) is 4.29. The second-order valence-electron chi connectivity index (χ2n) is 5.02. The molecule has 20 heavy (non-hydrogen) atoms. The molecule has 0 aliphatic rings. The van der Waals surface area contributed by atoms with Crippen LogP contribution in [0.2, 0.25) is 0 Å². The summed E-state index contributed by atoms with van der Waals surface area (Å²) < 4.78 is 10.5. The summed E-state index contributed by atoms with van der Waals surface area (Å²) in [6.07, 6.45) is 1.79. The molecule has 5 heteroatoms. The van der Waals surface area contributed by atoms with Crippen LogP contribution < -0.4 is 15.2 Å². The highest BCUT2D eigenvalue weighted by Crippen LogP contribution is 2.32. The van der Waals surface area contributed by atoms with Gasteiger partial charge in [0.25, 0.3) is 0 Å². The fourth-order valence-corrected chi connectivity index (χ4v) is 1.97. The summed E-state index contributed by atoms with van der Waals surface area (Å²) in [4.78, 5) is 7.63. The van der Waals surface area contributed by atoms with Gasteiger partial charge in [-0.1, -0.05) is 13.8 Å². The molecule has 0 fully saturated rings. The zero-order valence-corrected chi connectivity index (χ0v) is 12.3. The van der Waals surface area contributed by atoms with Gasteiger partial charge in [0.1, 0.15) is 5.82 Å². The lowest BCUT2D eigenvalue weighted by Crippen LogP contribution is -2.18. The van der Waals surface area contributed by atoms with E-state index in [-0.39, 0.29) is 6.04 Å². The number of imidazole rings is 1. The number of nitrogens with one attached hydrogen (secondary N) is 1. The molecule has 2 rings (SSSR count). The summed E-state index contributed by atoms with van der Waals surface area (Å²) in [6.45, 7) is 4.15. The van der Waals surface area contributed by atoms with Crippen LogP contribution in [0.25, 0.3) is 11.3 Å². The quantitative estimate of drug-likeness (QED) is 0.880. The molecule has 1 unspecified atom stereocenters. The maximum absolute atomic E-state index is 6.09. The average molecular weight is 275 g/mol. The number of aromatic nitrogens is 2. The molecule has 0 bridgehead atoms. The molecule has 0 aliphatic carbocycles. The van der Waals surface area contributed by atoms with Crippen LogP contribution in [0.1, 0.15) is 25.7 Å². The molecule has 1 atom stereocenters. The first-order valence-corrected chi connectivity index (χ1v) is 6.59. The topological polar surface area (TPSA) is 73.2 Å². The van der Waals surface area contributed by atoms with Gasteiger partial charge in [0.15, 0.2) is 11.5 Å². The van der Waals surface area contributed by atoms with Crippen molar-refractivity contribution in [2.75, 3.05) is 14.2 Å². The Morgan fingerprint density at radius 3 is 2.45 bits per heavy atom. The standard InChI is InChI=1S/C15H21N3O2/c1-9(2)14(16)15-17-8-11(18-15)10-5-6-12(19-3)13(7-10)20-4/h5-9,14H,16H2,1-4H3,(H,17,18). The van der Waals surface area contributed by atoms with Gasteiger partial charge < -0.3 is 20.2 Å². The van der Waals surface area contributed by atoms with Gasteiger partial charge in [-0.2, -0.15) is 0 Å². The number of methoxy groups -OCH3 is 2. The number of ether oxygens (including phenoxy) is 2. The lowest BCUT2D eigenvalue weighted by Gasteiger charge is -2.12. The summed E-state index contributed by atoms with van der Waals surface area (Å²) in [6, 6.07) is 5.65. The summed E-state index contributed by atoms with van der Waals surface area (Å²) in [7, 11) is 3.24. The van der Waals surface area contributed by atoms with Crippen LogP contribution >= 0.6 is 0 Å². The molecule has 0 spiro atoms. The van der Waals surface area contributed by atoms with E-state index in [0.717, 1.165) is 17.1 Å². The fraction of sp³-hybridized carbons (Fsp3) is 0.400. The molecule has 0 saturated carbocycles. The average Bonchev–Trinajstić information content (AvgIpc) is 2.95. The van der Waals surface area contributed by atoms with Crippen LogP contribution in [0.5, 0.6) is 11.5 Å². The van der Waals surface area contributed by atoms with E-state index in [2.05, 4.69) is 23.8 Å². The number of aromatic amines is 1. The molecule has 3 N–H and O–H groups in total. The largest absolute Gasteiger partial charge is 0.493 e. The van der Waals surface area contributed by atoms with E-state index in [1.54, 1.807) is 20.4 Å². The normalized spacial score (nSPS) is 12.5. The summed E-state index contributed by atoms with van der Waals surface area (Å²) in [5, 5.41) is 0. The second-order valence-corrected chi connectivity index (χ2v) is 5.02. The summed E-state index contributed by atoms with van der Waals surface area (Å²) in [5.41, 5.74) is 7.99. The molecular weight excluding hydrogens is 254 g/mol. The maximum Gasteiger partial charge on any atom is 0.161 e. The van der Waals surface area contributed by atoms with E-state index in [1.807, 2.05) is 18.2 Å². The first-order chi connectivity index (χ1) is 9.56. The molecule has 0 aliphatic heterocycles. The molecule has 5 nitrogen and oxygen atoms in total. The van der Waals surface area contributed by atoms with Crippen molar-refractivity contribution < 1.29 is 9.47 Å². The molecule has 1 aromatic heterocycles. The van der Waals surface area contributed by atoms with Gasteiger partial charge in [0, 0.05) is 5.56 Å². The van der Waals surface area contributed by atoms with Gasteiger partial charge in [-0.3, -0.25) is 0 Å². The van der Waals surface area contributed by atoms with Crippen molar-refractivity contribution in [2.24, 2.45) is 11.7 Å².